The molecule has 3 rings (SSSR count). The van der Waals surface area contributed by atoms with E-state index in [1.807, 2.05) is 6.07 Å². The Morgan fingerprint density at radius 2 is 2.22 bits per heavy atom. The predicted molar refractivity (Wildman–Crippen MR) is 67.9 cm³/mol. The van der Waals surface area contributed by atoms with Crippen molar-refractivity contribution in [1.29, 1.82) is 0 Å². The van der Waals surface area contributed by atoms with Gasteiger partial charge in [0.1, 0.15) is 5.82 Å². The summed E-state index contributed by atoms with van der Waals surface area (Å²) in [6, 6.07) is 4.03. The predicted octanol–water partition coefficient (Wildman–Crippen LogP) is 1.93. The van der Waals surface area contributed by atoms with E-state index in [9.17, 15) is 4.79 Å². The molecule has 2 aromatic heterocycles. The van der Waals surface area contributed by atoms with Gasteiger partial charge in [0.25, 0.3) is 0 Å². The Kier molecular flexibility index (Phi) is 2.40. The maximum Gasteiger partial charge on any atom is 0.337 e. The molecule has 18 heavy (non-hydrogen) atoms. The van der Waals surface area contributed by atoms with Crippen LogP contribution in [0, 0.1) is 0 Å². The molecule has 0 bridgehead atoms. The number of carbonyl (C=O) groups is 1. The molecule has 3 heterocycles. The van der Waals surface area contributed by atoms with Gasteiger partial charge in [0.05, 0.1) is 11.1 Å². The molecule has 0 radical (unpaired) electrons. The molecule has 1 fully saturated rings. The Hall–Kier alpha value is -2.17. The third kappa shape index (κ3) is 1.68. The lowest BCUT2D eigenvalue weighted by atomic mass is 10.1. The number of carboxylic acid groups (broad SMARTS) is 1. The van der Waals surface area contributed by atoms with Gasteiger partial charge in [-0.15, -0.1) is 0 Å². The van der Waals surface area contributed by atoms with Crippen LogP contribution < -0.4 is 4.90 Å². The van der Waals surface area contributed by atoms with Gasteiger partial charge in [0.15, 0.2) is 0 Å². The molecule has 1 unspecified atom stereocenters. The van der Waals surface area contributed by atoms with Gasteiger partial charge in [0, 0.05) is 36.4 Å². The van der Waals surface area contributed by atoms with Crippen LogP contribution in [0.15, 0.2) is 24.5 Å². The summed E-state index contributed by atoms with van der Waals surface area (Å²) in [5, 5.41) is 9.66. The molecular formula is C13H13N3O2. The summed E-state index contributed by atoms with van der Waals surface area (Å²) in [6.07, 6.45) is 4.26. The van der Waals surface area contributed by atoms with E-state index in [1.54, 1.807) is 12.3 Å². The second-order valence-electron chi connectivity index (χ2n) is 4.60. The minimum Gasteiger partial charge on any atom is -0.478 e. The Morgan fingerprint density at radius 1 is 1.39 bits per heavy atom. The molecule has 0 saturated carbocycles. The smallest absolute Gasteiger partial charge is 0.337 e. The first-order chi connectivity index (χ1) is 8.65. The van der Waals surface area contributed by atoms with E-state index < -0.39 is 5.97 Å². The second kappa shape index (κ2) is 3.94. The standard InChI is InChI=1S/C13H13N3O2/c1-8-2-3-16(8)12-5-11-9(6-15-12)4-10(7-14-11)13(17)18/h4-8H,2-3H2,1H3,(H,17,18). The van der Waals surface area contributed by atoms with E-state index in [2.05, 4.69) is 21.8 Å². The Bertz CT molecular complexity index is 627. The number of anilines is 1. The maximum absolute atomic E-state index is 10.8. The molecule has 1 aliphatic heterocycles. The molecule has 0 amide bonds. The minimum atomic E-state index is -0.968. The number of hydrogen-bond acceptors (Lipinski definition) is 4. The summed E-state index contributed by atoms with van der Waals surface area (Å²) in [7, 11) is 0. The maximum atomic E-state index is 10.8. The monoisotopic (exact) mass is 243 g/mol. The van der Waals surface area contributed by atoms with Crippen LogP contribution >= 0.6 is 0 Å². The van der Waals surface area contributed by atoms with Crippen molar-refractivity contribution in [1.82, 2.24) is 9.97 Å². The van der Waals surface area contributed by atoms with Gasteiger partial charge in [-0.05, 0) is 19.4 Å². The summed E-state index contributed by atoms with van der Waals surface area (Å²) < 4.78 is 0. The molecule has 0 aliphatic carbocycles. The van der Waals surface area contributed by atoms with E-state index in [0.717, 1.165) is 23.3 Å². The van der Waals surface area contributed by atoms with Gasteiger partial charge >= 0.3 is 5.97 Å². The van der Waals surface area contributed by atoms with Crippen LogP contribution in [0.25, 0.3) is 10.9 Å². The zero-order valence-corrected chi connectivity index (χ0v) is 10.00. The topological polar surface area (TPSA) is 66.3 Å². The molecule has 1 saturated heterocycles. The quantitative estimate of drug-likeness (QED) is 0.872. The highest BCUT2D eigenvalue weighted by Gasteiger charge is 2.24. The molecule has 1 aliphatic rings. The van der Waals surface area contributed by atoms with E-state index >= 15 is 0 Å². The minimum absolute atomic E-state index is 0.189. The zero-order valence-electron chi connectivity index (χ0n) is 10.00. The number of rotatable bonds is 2. The Balaban J connectivity index is 2.03. The van der Waals surface area contributed by atoms with Crippen molar-refractivity contribution >= 4 is 22.7 Å². The van der Waals surface area contributed by atoms with E-state index in [-0.39, 0.29) is 5.56 Å². The molecule has 5 nitrogen and oxygen atoms in total. The van der Waals surface area contributed by atoms with Gasteiger partial charge in [-0.3, -0.25) is 4.98 Å². The van der Waals surface area contributed by atoms with Crippen LogP contribution in [0.2, 0.25) is 0 Å². The number of fused-ring (bicyclic) bond motifs is 1. The molecule has 0 spiro atoms. The van der Waals surface area contributed by atoms with Crippen LogP contribution in [0.1, 0.15) is 23.7 Å². The molecule has 2 aromatic rings. The van der Waals surface area contributed by atoms with E-state index in [4.69, 9.17) is 5.11 Å². The number of pyridine rings is 2. The highest BCUT2D eigenvalue weighted by molar-refractivity contribution is 5.92. The first-order valence-corrected chi connectivity index (χ1v) is 5.91. The Labute approximate surface area is 104 Å². The van der Waals surface area contributed by atoms with Crippen molar-refractivity contribution in [3.63, 3.8) is 0 Å². The molecule has 0 aromatic carbocycles. The largest absolute Gasteiger partial charge is 0.478 e. The highest BCUT2D eigenvalue weighted by Crippen LogP contribution is 2.26. The third-order valence-electron chi connectivity index (χ3n) is 3.41. The average Bonchev–Trinajstić information content (AvgIpc) is 2.36. The fourth-order valence-electron chi connectivity index (χ4n) is 2.14. The summed E-state index contributed by atoms with van der Waals surface area (Å²) >= 11 is 0. The SMILES string of the molecule is CC1CCN1c1cc2ncc(C(=O)O)cc2cn1. The number of aromatic carboxylic acids is 1. The van der Waals surface area contributed by atoms with Crippen molar-refractivity contribution in [2.75, 3.05) is 11.4 Å². The van der Waals surface area contributed by atoms with Crippen molar-refractivity contribution < 1.29 is 9.90 Å². The number of hydrogen-bond donors (Lipinski definition) is 1. The molecule has 92 valence electrons. The number of aromatic nitrogens is 2. The first kappa shape index (κ1) is 11.0. The summed E-state index contributed by atoms with van der Waals surface area (Å²) in [6.45, 7) is 3.18. The summed E-state index contributed by atoms with van der Waals surface area (Å²) in [5.41, 5.74) is 0.971. The third-order valence-corrected chi connectivity index (χ3v) is 3.41. The van der Waals surface area contributed by atoms with E-state index in [1.165, 1.54) is 12.6 Å². The van der Waals surface area contributed by atoms with E-state index in [0.29, 0.717) is 6.04 Å². The number of nitrogens with zero attached hydrogens (tertiary/aromatic N) is 3. The fraction of sp³-hybridized carbons (Fsp3) is 0.308. The molecule has 1 N–H and O–H groups in total. The second-order valence-corrected chi connectivity index (χ2v) is 4.60. The van der Waals surface area contributed by atoms with Gasteiger partial charge in [-0.25, -0.2) is 9.78 Å². The lowest BCUT2D eigenvalue weighted by Crippen LogP contribution is -2.46. The van der Waals surface area contributed by atoms with Crippen LogP contribution in [-0.2, 0) is 0 Å². The zero-order chi connectivity index (χ0) is 12.7. The normalized spacial score (nSPS) is 18.7. The van der Waals surface area contributed by atoms with Crippen molar-refractivity contribution in [2.24, 2.45) is 0 Å². The van der Waals surface area contributed by atoms with Gasteiger partial charge in [-0.2, -0.15) is 0 Å². The van der Waals surface area contributed by atoms with Gasteiger partial charge in [0.2, 0.25) is 0 Å². The molecular weight excluding hydrogens is 230 g/mol. The average molecular weight is 243 g/mol. The van der Waals surface area contributed by atoms with Crippen molar-refractivity contribution in [2.45, 2.75) is 19.4 Å². The van der Waals surface area contributed by atoms with Crippen LogP contribution in [0.3, 0.4) is 0 Å². The van der Waals surface area contributed by atoms with Crippen LogP contribution in [0.4, 0.5) is 5.82 Å². The molecule has 1 atom stereocenters. The Morgan fingerprint density at radius 3 is 2.83 bits per heavy atom. The summed E-state index contributed by atoms with van der Waals surface area (Å²) in [5.74, 6) is -0.0540. The van der Waals surface area contributed by atoms with Gasteiger partial charge < -0.3 is 10.0 Å². The molecule has 5 heteroatoms. The van der Waals surface area contributed by atoms with Crippen molar-refractivity contribution in [3.8, 4) is 0 Å². The lowest BCUT2D eigenvalue weighted by molar-refractivity contribution is 0.0696. The van der Waals surface area contributed by atoms with Gasteiger partial charge in [-0.1, -0.05) is 0 Å². The lowest BCUT2D eigenvalue weighted by Gasteiger charge is -2.39. The first-order valence-electron chi connectivity index (χ1n) is 5.91. The number of carboxylic acids is 1. The summed E-state index contributed by atoms with van der Waals surface area (Å²) in [4.78, 5) is 21.6. The fourth-order valence-corrected chi connectivity index (χ4v) is 2.14. The highest BCUT2D eigenvalue weighted by atomic mass is 16.4. The van der Waals surface area contributed by atoms with Crippen molar-refractivity contribution in [3.05, 3.63) is 30.1 Å². The van der Waals surface area contributed by atoms with Crippen LogP contribution in [-0.4, -0.2) is 33.6 Å². The van der Waals surface area contributed by atoms with Crippen LogP contribution in [0.5, 0.6) is 0 Å².